The summed E-state index contributed by atoms with van der Waals surface area (Å²) >= 11 is 0. The topological polar surface area (TPSA) is 77.1 Å². The number of nitrogens with one attached hydrogen (secondary N) is 1. The van der Waals surface area contributed by atoms with Crippen LogP contribution in [0, 0.1) is 5.92 Å². The second-order valence-electron chi connectivity index (χ2n) is 8.26. The number of aromatic nitrogens is 5. The highest BCUT2D eigenvalue weighted by Crippen LogP contribution is 2.35. The molecule has 0 bridgehead atoms. The molecule has 182 valence electrons. The SMILES string of the molecule is O=C(NCc1ccc(-c2nc3n(n2)CC[C@H](C(F)(F)F)C3)cc1)c1c(C(F)F)nc2ccccn12. The van der Waals surface area contributed by atoms with E-state index in [1.165, 1.54) is 21.3 Å². The average Bonchev–Trinajstić information content (AvgIpc) is 3.44. The number of alkyl halides is 5. The maximum absolute atomic E-state index is 13.4. The van der Waals surface area contributed by atoms with E-state index in [1.54, 1.807) is 36.4 Å². The summed E-state index contributed by atoms with van der Waals surface area (Å²) in [6.45, 7) is 0.225. The molecule has 12 heteroatoms. The Hall–Kier alpha value is -3.83. The molecule has 0 aliphatic carbocycles. The van der Waals surface area contributed by atoms with Crippen molar-refractivity contribution in [3.05, 3.63) is 71.4 Å². The number of nitrogens with zero attached hydrogens (tertiary/aromatic N) is 5. The first-order valence-electron chi connectivity index (χ1n) is 10.8. The summed E-state index contributed by atoms with van der Waals surface area (Å²) in [5.74, 6) is -1.49. The monoisotopic (exact) mass is 490 g/mol. The van der Waals surface area contributed by atoms with Crippen molar-refractivity contribution in [2.24, 2.45) is 5.92 Å². The second-order valence-corrected chi connectivity index (χ2v) is 8.26. The van der Waals surface area contributed by atoms with Crippen LogP contribution in [0.2, 0.25) is 0 Å². The zero-order chi connectivity index (χ0) is 24.7. The van der Waals surface area contributed by atoms with Crippen LogP contribution in [-0.4, -0.2) is 36.2 Å². The van der Waals surface area contributed by atoms with E-state index < -0.39 is 30.1 Å². The number of pyridine rings is 1. The van der Waals surface area contributed by atoms with Gasteiger partial charge in [-0.15, -0.1) is 0 Å². The minimum Gasteiger partial charge on any atom is -0.347 e. The molecule has 0 unspecified atom stereocenters. The first-order chi connectivity index (χ1) is 16.7. The Bertz CT molecular complexity index is 1380. The van der Waals surface area contributed by atoms with Gasteiger partial charge in [0.25, 0.3) is 12.3 Å². The van der Waals surface area contributed by atoms with Gasteiger partial charge in [-0.3, -0.25) is 9.20 Å². The quantitative estimate of drug-likeness (QED) is 0.416. The summed E-state index contributed by atoms with van der Waals surface area (Å²) in [5, 5.41) is 6.95. The highest BCUT2D eigenvalue weighted by molar-refractivity contribution is 5.94. The fraction of sp³-hybridized carbons (Fsp3) is 0.304. The van der Waals surface area contributed by atoms with E-state index in [4.69, 9.17) is 0 Å². The van der Waals surface area contributed by atoms with Crippen LogP contribution >= 0.6 is 0 Å². The number of carbonyl (C=O) groups excluding carboxylic acids is 1. The lowest BCUT2D eigenvalue weighted by Crippen LogP contribution is -2.31. The molecule has 4 aromatic rings. The fourth-order valence-corrected chi connectivity index (χ4v) is 4.14. The summed E-state index contributed by atoms with van der Waals surface area (Å²) in [6, 6.07) is 11.6. The molecule has 0 saturated heterocycles. The van der Waals surface area contributed by atoms with Crippen LogP contribution in [-0.2, 0) is 19.5 Å². The summed E-state index contributed by atoms with van der Waals surface area (Å²) in [7, 11) is 0. The van der Waals surface area contributed by atoms with Gasteiger partial charge in [0.1, 0.15) is 22.9 Å². The largest absolute Gasteiger partial charge is 0.392 e. The van der Waals surface area contributed by atoms with Crippen LogP contribution in [0.15, 0.2) is 48.7 Å². The van der Waals surface area contributed by atoms with E-state index in [-0.39, 0.29) is 37.3 Å². The van der Waals surface area contributed by atoms with Gasteiger partial charge in [-0.05, 0) is 24.1 Å². The smallest absolute Gasteiger partial charge is 0.347 e. The van der Waals surface area contributed by atoms with Crippen molar-refractivity contribution < 1.29 is 26.7 Å². The number of hydrogen-bond donors (Lipinski definition) is 1. The zero-order valence-electron chi connectivity index (χ0n) is 18.1. The van der Waals surface area contributed by atoms with Crippen LogP contribution in [0.3, 0.4) is 0 Å². The minimum absolute atomic E-state index is 0.0301. The van der Waals surface area contributed by atoms with Gasteiger partial charge in [-0.1, -0.05) is 30.3 Å². The van der Waals surface area contributed by atoms with Gasteiger partial charge in [0.15, 0.2) is 5.82 Å². The number of benzene rings is 1. The Labute approximate surface area is 195 Å². The van der Waals surface area contributed by atoms with E-state index in [1.807, 2.05) is 0 Å². The lowest BCUT2D eigenvalue weighted by Gasteiger charge is -2.24. The van der Waals surface area contributed by atoms with E-state index >= 15 is 0 Å². The molecule has 1 amide bonds. The molecular weight excluding hydrogens is 471 g/mol. The number of fused-ring (bicyclic) bond motifs is 2. The molecule has 0 spiro atoms. The van der Waals surface area contributed by atoms with E-state index in [9.17, 15) is 26.7 Å². The number of hydrogen-bond acceptors (Lipinski definition) is 4. The van der Waals surface area contributed by atoms with Gasteiger partial charge >= 0.3 is 6.18 Å². The number of rotatable bonds is 5. The summed E-state index contributed by atoms with van der Waals surface area (Å²) in [6.07, 6.45) is -5.91. The maximum Gasteiger partial charge on any atom is 0.392 e. The van der Waals surface area contributed by atoms with Gasteiger partial charge in [-0.25, -0.2) is 23.4 Å². The first kappa shape index (κ1) is 22.9. The van der Waals surface area contributed by atoms with Crippen molar-refractivity contribution >= 4 is 11.6 Å². The molecule has 1 atom stereocenters. The highest BCUT2D eigenvalue weighted by atomic mass is 19.4. The Morgan fingerprint density at radius 2 is 1.89 bits per heavy atom. The van der Waals surface area contributed by atoms with Gasteiger partial charge in [0.05, 0.1) is 5.92 Å². The molecular formula is C23H19F5N6O. The van der Waals surface area contributed by atoms with Crippen molar-refractivity contribution in [2.75, 3.05) is 0 Å². The van der Waals surface area contributed by atoms with Crippen LogP contribution in [0.4, 0.5) is 22.0 Å². The van der Waals surface area contributed by atoms with Crippen molar-refractivity contribution in [1.82, 2.24) is 29.5 Å². The zero-order valence-corrected chi connectivity index (χ0v) is 18.1. The third kappa shape index (κ3) is 4.47. The number of halogens is 5. The molecule has 35 heavy (non-hydrogen) atoms. The van der Waals surface area contributed by atoms with Crippen LogP contribution < -0.4 is 5.32 Å². The minimum atomic E-state index is -4.26. The average molecular weight is 490 g/mol. The molecule has 1 aromatic carbocycles. The molecule has 7 nitrogen and oxygen atoms in total. The summed E-state index contributed by atoms with van der Waals surface area (Å²) in [4.78, 5) is 20.8. The Kier molecular flexibility index (Phi) is 5.73. The number of amides is 1. The molecule has 0 radical (unpaired) electrons. The predicted octanol–water partition coefficient (Wildman–Crippen LogP) is 4.59. The standard InChI is InChI=1S/C23H19F5N6O/c24-20(25)18-19(33-9-2-1-3-16(33)30-18)22(35)29-12-13-4-6-14(7-5-13)21-31-17-11-15(23(26,27)28)8-10-34(17)32-21/h1-7,9,15,20H,8,10-12H2,(H,29,35)/t15-/m0/s1. The predicted molar refractivity (Wildman–Crippen MR) is 115 cm³/mol. The lowest BCUT2D eigenvalue weighted by molar-refractivity contribution is -0.179. The molecule has 1 aliphatic rings. The molecule has 1 aliphatic heterocycles. The molecule has 5 rings (SSSR count). The Balaban J connectivity index is 1.28. The molecule has 1 N–H and O–H groups in total. The third-order valence-corrected chi connectivity index (χ3v) is 5.97. The summed E-state index contributed by atoms with van der Waals surface area (Å²) in [5.41, 5.74) is 0.737. The van der Waals surface area contributed by atoms with Crippen LogP contribution in [0.25, 0.3) is 17.0 Å². The van der Waals surface area contributed by atoms with Crippen LogP contribution in [0.5, 0.6) is 0 Å². The van der Waals surface area contributed by atoms with E-state index in [0.717, 1.165) is 0 Å². The van der Waals surface area contributed by atoms with Gasteiger partial charge in [-0.2, -0.15) is 18.3 Å². The highest BCUT2D eigenvalue weighted by Gasteiger charge is 2.42. The number of aryl methyl sites for hydroxylation is 1. The normalized spacial score (nSPS) is 16.0. The van der Waals surface area contributed by atoms with Crippen LogP contribution in [0.1, 0.15) is 40.4 Å². The first-order valence-corrected chi connectivity index (χ1v) is 10.8. The summed E-state index contributed by atoms with van der Waals surface area (Å²) < 4.78 is 68.8. The molecule has 0 fully saturated rings. The lowest BCUT2D eigenvalue weighted by atomic mass is 9.98. The third-order valence-electron chi connectivity index (χ3n) is 5.97. The van der Waals surface area contributed by atoms with Gasteiger partial charge < -0.3 is 5.32 Å². The van der Waals surface area contributed by atoms with Gasteiger partial charge in [0, 0.05) is 31.3 Å². The Morgan fingerprint density at radius 1 is 1.11 bits per heavy atom. The molecule has 3 aromatic heterocycles. The van der Waals surface area contributed by atoms with Crippen molar-refractivity contribution in [2.45, 2.75) is 38.5 Å². The van der Waals surface area contributed by atoms with Crippen molar-refractivity contribution in [3.63, 3.8) is 0 Å². The van der Waals surface area contributed by atoms with E-state index in [0.29, 0.717) is 22.8 Å². The van der Waals surface area contributed by atoms with Crippen molar-refractivity contribution in [1.29, 1.82) is 0 Å². The van der Waals surface area contributed by atoms with Crippen molar-refractivity contribution in [3.8, 4) is 11.4 Å². The number of carbonyl (C=O) groups is 1. The molecule has 0 saturated carbocycles. The molecule has 4 heterocycles. The maximum atomic E-state index is 13.4. The Morgan fingerprint density at radius 3 is 2.60 bits per heavy atom. The fourth-order valence-electron chi connectivity index (χ4n) is 4.14. The van der Waals surface area contributed by atoms with E-state index in [2.05, 4.69) is 20.4 Å². The van der Waals surface area contributed by atoms with Gasteiger partial charge in [0.2, 0.25) is 0 Å². The number of imidazole rings is 1. The second kappa shape index (κ2) is 8.75.